The van der Waals surface area contributed by atoms with E-state index in [0.29, 0.717) is 0 Å². The Labute approximate surface area is 190 Å². The number of carbonyl (C=O) groups is 1. The van der Waals surface area contributed by atoms with Gasteiger partial charge in [0.05, 0.1) is 0 Å². The molecule has 0 aromatic heterocycles. The number of ether oxygens (including phenoxy) is 2. The molecule has 0 unspecified atom stereocenters. The Morgan fingerprint density at radius 2 is 1.53 bits per heavy atom. The van der Waals surface area contributed by atoms with Gasteiger partial charge in [0, 0.05) is 0 Å². The van der Waals surface area contributed by atoms with Gasteiger partial charge in [-0.2, -0.15) is 0 Å². The first-order valence-corrected chi connectivity index (χ1v) is 20.0. The van der Waals surface area contributed by atoms with Crippen molar-refractivity contribution in [3.8, 4) is 0 Å². The Morgan fingerprint density at radius 1 is 1.03 bits per heavy atom. The van der Waals surface area contributed by atoms with Crippen molar-refractivity contribution in [1.82, 2.24) is 4.90 Å². The third-order valence-electron chi connectivity index (χ3n) is 6.92. The van der Waals surface area contributed by atoms with Crippen molar-refractivity contribution in [2.75, 3.05) is 19.7 Å². The van der Waals surface area contributed by atoms with Gasteiger partial charge in [-0.1, -0.05) is 0 Å². The van der Waals surface area contributed by atoms with E-state index in [9.17, 15) is 4.79 Å². The molecule has 2 rings (SSSR count). The Morgan fingerprint density at radius 3 is 1.97 bits per heavy atom. The van der Waals surface area contributed by atoms with Gasteiger partial charge in [0.15, 0.2) is 0 Å². The molecular weight excluding hydrogens is 481 g/mol. The number of unbranched alkanes of at least 4 members (excludes halogenated alkanes) is 3. The molecule has 0 atom stereocenters. The van der Waals surface area contributed by atoms with Gasteiger partial charge in [0.2, 0.25) is 0 Å². The van der Waals surface area contributed by atoms with Gasteiger partial charge in [-0.3, -0.25) is 0 Å². The first-order valence-electron chi connectivity index (χ1n) is 12.5. The first kappa shape index (κ1) is 26.0. The number of hydrogen-bond acceptors (Lipinski definition) is 3. The summed E-state index contributed by atoms with van der Waals surface area (Å²) >= 11 is -2.39. The van der Waals surface area contributed by atoms with E-state index >= 15 is 0 Å². The molecule has 30 heavy (non-hydrogen) atoms. The molecule has 0 radical (unpaired) electrons. The van der Waals surface area contributed by atoms with Crippen LogP contribution in [0.1, 0.15) is 92.9 Å². The van der Waals surface area contributed by atoms with Crippen LogP contribution in [0.3, 0.4) is 0 Å². The van der Waals surface area contributed by atoms with Crippen LogP contribution in [0.2, 0.25) is 13.3 Å². The molecule has 5 heteroatoms. The van der Waals surface area contributed by atoms with Gasteiger partial charge in [-0.25, -0.2) is 0 Å². The zero-order valence-corrected chi connectivity index (χ0v) is 23.5. The topological polar surface area (TPSA) is 38.8 Å². The number of nitrogens with zero attached hydrogens (tertiary/aromatic N) is 1. The summed E-state index contributed by atoms with van der Waals surface area (Å²) in [5.41, 5.74) is -0.560. The fraction of sp³-hybridized carbons (Fsp3) is 0.880. The van der Waals surface area contributed by atoms with Crippen LogP contribution in [-0.4, -0.2) is 60.3 Å². The molecule has 0 aromatic carbocycles. The molecule has 174 valence electrons. The van der Waals surface area contributed by atoms with Gasteiger partial charge in [-0.05, 0) is 0 Å². The zero-order valence-electron chi connectivity index (χ0n) is 20.6. The van der Waals surface area contributed by atoms with Gasteiger partial charge in [0.25, 0.3) is 0 Å². The summed E-state index contributed by atoms with van der Waals surface area (Å²) in [6, 6.07) is 0. The second-order valence-electron chi connectivity index (χ2n) is 10.6. The molecule has 0 aliphatic carbocycles. The molecule has 1 amide bonds. The molecule has 0 N–H and O–H groups in total. The molecule has 1 fully saturated rings. The van der Waals surface area contributed by atoms with Crippen molar-refractivity contribution < 1.29 is 14.3 Å². The van der Waals surface area contributed by atoms with Crippen LogP contribution in [0, 0.1) is 0 Å². The summed E-state index contributed by atoms with van der Waals surface area (Å²) in [7, 11) is 0. The van der Waals surface area contributed by atoms with Crippen LogP contribution in [0.25, 0.3) is 0 Å². The predicted octanol–water partition coefficient (Wildman–Crippen LogP) is 7.10. The predicted molar refractivity (Wildman–Crippen MR) is 129 cm³/mol. The molecule has 0 saturated carbocycles. The average molecular weight is 528 g/mol. The van der Waals surface area contributed by atoms with Crippen LogP contribution >= 0.6 is 0 Å². The van der Waals surface area contributed by atoms with Crippen molar-refractivity contribution in [2.24, 2.45) is 0 Å². The van der Waals surface area contributed by atoms with Crippen molar-refractivity contribution in [1.29, 1.82) is 0 Å². The Kier molecular flexibility index (Phi) is 10.0. The minimum absolute atomic E-state index is 0.124. The maximum atomic E-state index is 12.5. The maximum absolute atomic E-state index is 12.5. The van der Waals surface area contributed by atoms with Crippen molar-refractivity contribution >= 4 is 24.5 Å². The Balaban J connectivity index is 2.12. The van der Waals surface area contributed by atoms with Gasteiger partial charge >= 0.3 is 190 Å². The third kappa shape index (κ3) is 7.15. The summed E-state index contributed by atoms with van der Waals surface area (Å²) in [6.07, 6.45) is 12.3. The number of rotatable bonds is 10. The second kappa shape index (κ2) is 11.6. The molecule has 0 bridgehead atoms. The minimum atomic E-state index is -2.39. The van der Waals surface area contributed by atoms with E-state index in [1.807, 2.05) is 25.7 Å². The summed E-state index contributed by atoms with van der Waals surface area (Å²) in [5, 5.41) is 0. The van der Waals surface area contributed by atoms with Crippen LogP contribution in [0.15, 0.2) is 9.67 Å². The standard InChI is InChI=1S/C13H20NO3.3C4H9.Sn/c1-12(2,3)17-11(15)14-8-6-13(7-9-14)5-4-10-16-13;3*1-3-4-2;/h5H,6-10H2,1-3H3;3*1,3-4H2,2H3;. The number of carbonyl (C=O) groups excluding carboxylic acids is 1. The first-order chi connectivity index (χ1) is 14.2. The van der Waals surface area contributed by atoms with Gasteiger partial charge in [-0.15, -0.1) is 0 Å². The summed E-state index contributed by atoms with van der Waals surface area (Å²) in [6.45, 7) is 15.2. The zero-order chi connectivity index (χ0) is 22.3. The number of amides is 1. The molecule has 1 saturated heterocycles. The molecule has 4 nitrogen and oxygen atoms in total. The van der Waals surface area contributed by atoms with Crippen molar-refractivity contribution in [3.05, 3.63) is 9.67 Å². The SMILES string of the molecule is CCC[CH2][Sn]([CH2]CCC)([CH2]CCC)[C]1=CC2(CCN(C(=O)OC(C)(C)C)CC2)OC1. The van der Waals surface area contributed by atoms with Crippen LogP contribution < -0.4 is 0 Å². The second-order valence-corrected chi connectivity index (χ2v) is 24.0. The number of piperidine rings is 1. The van der Waals surface area contributed by atoms with Crippen LogP contribution in [-0.2, 0) is 9.47 Å². The molecule has 2 aliphatic rings. The van der Waals surface area contributed by atoms with Gasteiger partial charge < -0.3 is 0 Å². The van der Waals surface area contributed by atoms with E-state index in [1.54, 1.807) is 3.59 Å². The van der Waals surface area contributed by atoms with Crippen molar-refractivity contribution in [2.45, 2.75) is 117 Å². The fourth-order valence-electron chi connectivity index (χ4n) is 5.01. The van der Waals surface area contributed by atoms with Crippen molar-refractivity contribution in [3.63, 3.8) is 0 Å². The Hall–Kier alpha value is -0.231. The summed E-state index contributed by atoms with van der Waals surface area (Å²) in [5.74, 6) is 0. The number of hydrogen-bond donors (Lipinski definition) is 0. The molecule has 1 spiro atoms. The molecule has 2 heterocycles. The summed E-state index contributed by atoms with van der Waals surface area (Å²) in [4.78, 5) is 14.3. The van der Waals surface area contributed by atoms with Gasteiger partial charge in [0.1, 0.15) is 0 Å². The fourth-order valence-corrected chi connectivity index (χ4v) is 21.4. The van der Waals surface area contributed by atoms with E-state index < -0.39 is 24.0 Å². The van der Waals surface area contributed by atoms with E-state index in [4.69, 9.17) is 9.47 Å². The molecular formula is C25H47NO3Sn. The van der Waals surface area contributed by atoms with E-state index in [-0.39, 0.29) is 11.7 Å². The molecule has 0 aromatic rings. The average Bonchev–Trinajstić information content (AvgIpc) is 3.11. The quantitative estimate of drug-likeness (QED) is 0.284. The third-order valence-corrected chi connectivity index (χ3v) is 22.9. The monoisotopic (exact) mass is 529 g/mol. The summed E-state index contributed by atoms with van der Waals surface area (Å²) < 4.78 is 18.4. The normalized spacial score (nSPS) is 19.3. The van der Waals surface area contributed by atoms with Crippen LogP contribution in [0.4, 0.5) is 4.79 Å². The van der Waals surface area contributed by atoms with E-state index in [1.165, 1.54) is 51.8 Å². The molecule has 2 aliphatic heterocycles. The van der Waals surface area contributed by atoms with E-state index in [0.717, 1.165) is 32.5 Å². The van der Waals surface area contributed by atoms with Crippen LogP contribution in [0.5, 0.6) is 0 Å². The number of likely N-dealkylation sites (tertiary alicyclic amines) is 1. The van der Waals surface area contributed by atoms with E-state index in [2.05, 4.69) is 26.8 Å². The Bertz CT molecular complexity index is 552.